The predicted molar refractivity (Wildman–Crippen MR) is 133 cm³/mol. The van der Waals surface area contributed by atoms with Crippen molar-refractivity contribution in [3.63, 3.8) is 0 Å². The van der Waals surface area contributed by atoms with E-state index >= 15 is 0 Å². The molecule has 166 valence electrons. The topological polar surface area (TPSA) is 100 Å². The molecule has 2 aromatic carbocycles. The Morgan fingerprint density at radius 1 is 0.969 bits per heavy atom. The van der Waals surface area contributed by atoms with Crippen molar-refractivity contribution in [3.8, 4) is 0 Å². The van der Waals surface area contributed by atoms with E-state index in [1.807, 2.05) is 35.9 Å². The van der Waals surface area contributed by atoms with Gasteiger partial charge in [-0.25, -0.2) is 4.98 Å². The molecule has 0 radical (unpaired) electrons. The highest BCUT2D eigenvalue weighted by Gasteiger charge is 2.12. The number of hydrogen-bond acceptors (Lipinski definition) is 7. The molecule has 3 aromatic rings. The second-order valence-electron chi connectivity index (χ2n) is 6.63. The Morgan fingerprint density at radius 2 is 1.72 bits per heavy atom. The Balaban J connectivity index is 1.48. The normalized spacial score (nSPS) is 10.4. The van der Waals surface area contributed by atoms with Crippen molar-refractivity contribution in [2.45, 2.75) is 22.6 Å². The molecule has 0 unspecified atom stereocenters. The second-order valence-corrected chi connectivity index (χ2v) is 9.56. The van der Waals surface area contributed by atoms with Crippen molar-refractivity contribution in [1.29, 1.82) is 0 Å². The lowest BCUT2D eigenvalue weighted by atomic mass is 10.2. The van der Waals surface area contributed by atoms with Crippen LogP contribution in [0.25, 0.3) is 0 Å². The van der Waals surface area contributed by atoms with E-state index in [-0.39, 0.29) is 29.9 Å². The minimum atomic E-state index is -0.182. The molecule has 0 aliphatic carbocycles. The Kier molecular flexibility index (Phi) is 8.72. The zero-order valence-electron chi connectivity index (χ0n) is 17.5. The summed E-state index contributed by atoms with van der Waals surface area (Å²) in [4.78, 5) is 41.2. The summed E-state index contributed by atoms with van der Waals surface area (Å²) in [6.07, 6.45) is 2.13. The van der Waals surface area contributed by atoms with E-state index in [4.69, 9.17) is 0 Å². The zero-order valence-corrected chi connectivity index (χ0v) is 20.0. The molecule has 0 saturated carbocycles. The molecule has 0 atom stereocenters. The van der Waals surface area contributed by atoms with Gasteiger partial charge in [-0.3, -0.25) is 14.4 Å². The van der Waals surface area contributed by atoms with Crippen molar-refractivity contribution in [1.82, 2.24) is 4.98 Å². The molecule has 1 aromatic heterocycles. The molecule has 3 rings (SSSR count). The van der Waals surface area contributed by atoms with E-state index in [1.165, 1.54) is 30.0 Å². The first-order valence-electron chi connectivity index (χ1n) is 9.60. The van der Waals surface area contributed by atoms with Gasteiger partial charge in [-0.2, -0.15) is 0 Å². The van der Waals surface area contributed by atoms with Gasteiger partial charge in [0.1, 0.15) is 0 Å². The first-order chi connectivity index (χ1) is 15.4. The van der Waals surface area contributed by atoms with E-state index in [1.54, 1.807) is 36.0 Å². The van der Waals surface area contributed by atoms with E-state index < -0.39 is 0 Å². The molecule has 0 aliphatic heterocycles. The lowest BCUT2D eigenvalue weighted by Crippen LogP contribution is -2.15. The lowest BCUT2D eigenvalue weighted by Gasteiger charge is -2.08. The molecule has 0 fully saturated rings. The standard InChI is InChI=1S/C22H22N4O3S3/c1-14(27)23-15-6-5-7-16(10-15)24-21(29)13-32-22-25-17(12-31-22)11-20(28)26-18-8-3-4-9-19(18)30-2/h3-10,12H,11,13H2,1-2H3,(H,23,27)(H,24,29)(H,26,28). The summed E-state index contributed by atoms with van der Waals surface area (Å²) in [6, 6.07) is 14.6. The summed E-state index contributed by atoms with van der Waals surface area (Å²) in [5.74, 6) is -0.307. The van der Waals surface area contributed by atoms with Crippen LogP contribution in [0.4, 0.5) is 17.1 Å². The van der Waals surface area contributed by atoms with Crippen LogP contribution in [-0.4, -0.2) is 34.7 Å². The third-order valence-corrected chi connectivity index (χ3v) is 6.91. The Hall–Kier alpha value is -2.82. The molecule has 0 aliphatic rings. The van der Waals surface area contributed by atoms with Gasteiger partial charge < -0.3 is 16.0 Å². The van der Waals surface area contributed by atoms with Crippen LogP contribution < -0.4 is 16.0 Å². The van der Waals surface area contributed by atoms with Gasteiger partial charge in [0.05, 0.1) is 23.6 Å². The molecular weight excluding hydrogens is 464 g/mol. The molecule has 3 amide bonds. The summed E-state index contributed by atoms with van der Waals surface area (Å²) < 4.78 is 0.722. The molecule has 0 bridgehead atoms. The predicted octanol–water partition coefficient (Wildman–Crippen LogP) is 4.74. The van der Waals surface area contributed by atoms with Crippen molar-refractivity contribution < 1.29 is 14.4 Å². The van der Waals surface area contributed by atoms with Crippen LogP contribution in [0, 0.1) is 0 Å². The highest BCUT2D eigenvalue weighted by molar-refractivity contribution is 8.01. The summed E-state index contributed by atoms with van der Waals surface area (Å²) in [7, 11) is 0. The maximum absolute atomic E-state index is 12.4. The van der Waals surface area contributed by atoms with Crippen LogP contribution in [0.5, 0.6) is 0 Å². The van der Waals surface area contributed by atoms with Crippen LogP contribution in [0.15, 0.2) is 63.1 Å². The quantitative estimate of drug-likeness (QED) is 0.378. The SMILES string of the molecule is CSc1ccccc1NC(=O)Cc1csc(SCC(=O)Nc2cccc(NC(C)=O)c2)n1. The number of benzene rings is 2. The van der Waals surface area contributed by atoms with Crippen LogP contribution in [0.1, 0.15) is 12.6 Å². The molecule has 7 nitrogen and oxygen atoms in total. The number of nitrogens with one attached hydrogen (secondary N) is 3. The number of thiazole rings is 1. The van der Waals surface area contributed by atoms with Crippen LogP contribution in [-0.2, 0) is 20.8 Å². The van der Waals surface area contributed by atoms with Crippen LogP contribution in [0.2, 0.25) is 0 Å². The van der Waals surface area contributed by atoms with Gasteiger partial charge in [0.2, 0.25) is 17.7 Å². The number of amides is 3. The largest absolute Gasteiger partial charge is 0.326 e. The van der Waals surface area contributed by atoms with Crippen molar-refractivity contribution in [2.75, 3.05) is 28.0 Å². The third-order valence-electron chi connectivity index (χ3n) is 4.05. The monoisotopic (exact) mass is 486 g/mol. The first kappa shape index (κ1) is 23.8. The average molecular weight is 487 g/mol. The van der Waals surface area contributed by atoms with Gasteiger partial charge in [0, 0.05) is 28.6 Å². The summed E-state index contributed by atoms with van der Waals surface area (Å²) in [6.45, 7) is 1.43. The molecule has 0 saturated heterocycles. The van der Waals surface area contributed by atoms with E-state index in [0.717, 1.165) is 14.9 Å². The summed E-state index contributed by atoms with van der Waals surface area (Å²) in [5, 5.41) is 10.2. The molecular formula is C22H22N4O3S3. The fraction of sp³-hybridized carbons (Fsp3) is 0.182. The number of nitrogens with zero attached hydrogens (tertiary/aromatic N) is 1. The summed E-state index contributed by atoms with van der Waals surface area (Å²) in [5.41, 5.74) is 2.67. The number of para-hydroxylation sites is 1. The van der Waals surface area contributed by atoms with Gasteiger partial charge in [-0.05, 0) is 36.6 Å². The fourth-order valence-corrected chi connectivity index (χ4v) is 4.94. The molecule has 3 N–H and O–H groups in total. The zero-order chi connectivity index (χ0) is 22.9. The molecule has 10 heteroatoms. The number of rotatable bonds is 9. The van der Waals surface area contributed by atoms with Crippen LogP contribution in [0.3, 0.4) is 0 Å². The van der Waals surface area contributed by atoms with E-state index in [2.05, 4.69) is 20.9 Å². The van der Waals surface area contributed by atoms with Crippen LogP contribution >= 0.6 is 34.9 Å². The highest BCUT2D eigenvalue weighted by Crippen LogP contribution is 2.26. The smallest absolute Gasteiger partial charge is 0.234 e. The Labute approximate surface area is 198 Å². The lowest BCUT2D eigenvalue weighted by molar-refractivity contribution is -0.116. The number of anilines is 3. The van der Waals surface area contributed by atoms with Gasteiger partial charge in [0.25, 0.3) is 0 Å². The number of thioether (sulfide) groups is 2. The second kappa shape index (κ2) is 11.7. The summed E-state index contributed by atoms with van der Waals surface area (Å²) >= 11 is 4.29. The highest BCUT2D eigenvalue weighted by atomic mass is 32.2. The fourth-order valence-electron chi connectivity index (χ4n) is 2.75. The van der Waals surface area contributed by atoms with Crippen molar-refractivity contribution >= 4 is 69.6 Å². The Bertz CT molecular complexity index is 1120. The minimum Gasteiger partial charge on any atom is -0.326 e. The van der Waals surface area contributed by atoms with Crippen molar-refractivity contribution in [2.24, 2.45) is 0 Å². The molecule has 32 heavy (non-hydrogen) atoms. The maximum Gasteiger partial charge on any atom is 0.234 e. The third kappa shape index (κ3) is 7.40. The van der Waals surface area contributed by atoms with E-state index in [0.29, 0.717) is 17.1 Å². The number of carbonyl (C=O) groups is 3. The van der Waals surface area contributed by atoms with E-state index in [9.17, 15) is 14.4 Å². The average Bonchev–Trinajstić information content (AvgIpc) is 3.19. The van der Waals surface area contributed by atoms with Gasteiger partial charge in [-0.1, -0.05) is 30.0 Å². The van der Waals surface area contributed by atoms with Gasteiger partial charge in [0.15, 0.2) is 4.34 Å². The Morgan fingerprint density at radius 3 is 2.47 bits per heavy atom. The molecule has 1 heterocycles. The first-order valence-corrected chi connectivity index (χ1v) is 12.7. The maximum atomic E-state index is 12.4. The minimum absolute atomic E-state index is 0.134. The van der Waals surface area contributed by atoms with Gasteiger partial charge >= 0.3 is 0 Å². The molecule has 0 spiro atoms. The number of aromatic nitrogens is 1. The number of hydrogen-bond donors (Lipinski definition) is 3. The number of carbonyl (C=O) groups excluding carboxylic acids is 3. The van der Waals surface area contributed by atoms with Crippen molar-refractivity contribution in [3.05, 3.63) is 59.6 Å². The van der Waals surface area contributed by atoms with Gasteiger partial charge in [-0.15, -0.1) is 23.1 Å².